The van der Waals surface area contributed by atoms with Crippen molar-refractivity contribution in [2.75, 3.05) is 7.05 Å². The number of nitrogens with zero attached hydrogens (tertiary/aromatic N) is 5. The molecule has 0 amide bonds. The van der Waals surface area contributed by atoms with Crippen LogP contribution >= 0.6 is 0 Å². The van der Waals surface area contributed by atoms with Crippen molar-refractivity contribution in [2.45, 2.75) is 13.0 Å². The second kappa shape index (κ2) is 5.30. The Labute approximate surface area is 111 Å². The zero-order valence-corrected chi connectivity index (χ0v) is 10.6. The summed E-state index contributed by atoms with van der Waals surface area (Å²) in [6, 6.07) is 7.75. The van der Waals surface area contributed by atoms with Crippen LogP contribution in [0.4, 0.5) is 0 Å². The summed E-state index contributed by atoms with van der Waals surface area (Å²) >= 11 is 0. The number of rotatable bonds is 3. The standard InChI is InChI=1S/C13H12N6/c1-9(16-2)11-4-3-10(7-17-11)19-8-18-12(5-14)13(19)6-15/h3-4,7-9,16H,1-2H3. The molecule has 0 spiro atoms. The molecule has 19 heavy (non-hydrogen) atoms. The molecule has 2 heterocycles. The molecule has 0 saturated heterocycles. The Kier molecular flexibility index (Phi) is 3.56. The van der Waals surface area contributed by atoms with E-state index in [2.05, 4.69) is 15.3 Å². The molecule has 6 heteroatoms. The molecule has 0 fully saturated rings. The summed E-state index contributed by atoms with van der Waals surface area (Å²) in [5.41, 5.74) is 1.96. The van der Waals surface area contributed by atoms with Gasteiger partial charge in [-0.1, -0.05) is 0 Å². The van der Waals surface area contributed by atoms with Crippen molar-refractivity contribution in [3.8, 4) is 17.8 Å². The fourth-order valence-electron chi connectivity index (χ4n) is 1.68. The summed E-state index contributed by atoms with van der Waals surface area (Å²) in [7, 11) is 1.86. The number of hydrogen-bond donors (Lipinski definition) is 1. The molecular weight excluding hydrogens is 240 g/mol. The number of aromatic nitrogens is 3. The fraction of sp³-hybridized carbons (Fsp3) is 0.231. The summed E-state index contributed by atoms with van der Waals surface area (Å²) in [6.07, 6.45) is 3.11. The van der Waals surface area contributed by atoms with Gasteiger partial charge in [0.25, 0.3) is 0 Å². The third kappa shape index (κ3) is 2.30. The van der Waals surface area contributed by atoms with Crippen LogP contribution in [0.5, 0.6) is 0 Å². The lowest BCUT2D eigenvalue weighted by atomic mass is 10.2. The summed E-state index contributed by atoms with van der Waals surface area (Å²) in [6.45, 7) is 2.01. The van der Waals surface area contributed by atoms with E-state index in [9.17, 15) is 0 Å². The molecule has 0 saturated carbocycles. The Hall–Kier alpha value is -2.70. The maximum absolute atomic E-state index is 9.07. The molecular formula is C13H12N6. The third-order valence-electron chi connectivity index (χ3n) is 2.90. The van der Waals surface area contributed by atoms with Crippen LogP contribution in [0, 0.1) is 22.7 Å². The van der Waals surface area contributed by atoms with Gasteiger partial charge in [0.2, 0.25) is 0 Å². The van der Waals surface area contributed by atoms with Crippen molar-refractivity contribution in [3.05, 3.63) is 41.7 Å². The number of pyridine rings is 1. The van der Waals surface area contributed by atoms with Gasteiger partial charge in [-0.3, -0.25) is 9.55 Å². The van der Waals surface area contributed by atoms with Crippen LogP contribution in [0.3, 0.4) is 0 Å². The van der Waals surface area contributed by atoms with Gasteiger partial charge in [-0.25, -0.2) is 4.98 Å². The summed E-state index contributed by atoms with van der Waals surface area (Å²) in [5, 5.41) is 21.0. The minimum atomic E-state index is 0.121. The number of nitrogens with one attached hydrogen (secondary N) is 1. The normalized spacial score (nSPS) is 11.6. The van der Waals surface area contributed by atoms with E-state index in [0.717, 1.165) is 5.69 Å². The van der Waals surface area contributed by atoms with Crippen molar-refractivity contribution in [1.82, 2.24) is 19.9 Å². The number of hydrogen-bond acceptors (Lipinski definition) is 5. The molecule has 0 aliphatic rings. The predicted octanol–water partition coefficient (Wildman–Crippen LogP) is 1.29. The average molecular weight is 252 g/mol. The zero-order valence-electron chi connectivity index (χ0n) is 10.6. The van der Waals surface area contributed by atoms with Crippen LogP contribution in [0.1, 0.15) is 30.0 Å². The molecule has 0 aromatic carbocycles. The number of imidazole rings is 1. The molecule has 6 nitrogen and oxygen atoms in total. The largest absolute Gasteiger partial charge is 0.312 e. The van der Waals surface area contributed by atoms with Crippen molar-refractivity contribution in [2.24, 2.45) is 0 Å². The van der Waals surface area contributed by atoms with E-state index in [1.54, 1.807) is 10.8 Å². The van der Waals surface area contributed by atoms with E-state index in [4.69, 9.17) is 10.5 Å². The Morgan fingerprint density at radius 2 is 2.05 bits per heavy atom. The maximum Gasteiger partial charge on any atom is 0.177 e. The highest BCUT2D eigenvalue weighted by atomic mass is 15.1. The molecule has 1 atom stereocenters. The molecule has 2 aromatic heterocycles. The van der Waals surface area contributed by atoms with E-state index in [1.165, 1.54) is 6.33 Å². The van der Waals surface area contributed by atoms with E-state index >= 15 is 0 Å². The Morgan fingerprint density at radius 3 is 2.58 bits per heavy atom. The second-order valence-electron chi connectivity index (χ2n) is 3.99. The highest BCUT2D eigenvalue weighted by Crippen LogP contribution is 2.15. The van der Waals surface area contributed by atoms with Crippen LogP contribution in [-0.2, 0) is 0 Å². The van der Waals surface area contributed by atoms with Gasteiger partial charge in [0.1, 0.15) is 18.5 Å². The van der Waals surface area contributed by atoms with Gasteiger partial charge in [0.05, 0.1) is 17.6 Å². The Bertz CT molecular complexity index is 656. The van der Waals surface area contributed by atoms with Gasteiger partial charge in [-0.05, 0) is 26.1 Å². The Morgan fingerprint density at radius 1 is 1.26 bits per heavy atom. The summed E-state index contributed by atoms with van der Waals surface area (Å²) < 4.78 is 1.55. The molecule has 1 unspecified atom stereocenters. The average Bonchev–Trinajstić information content (AvgIpc) is 2.89. The molecule has 0 aliphatic carbocycles. The van der Waals surface area contributed by atoms with Crippen molar-refractivity contribution >= 4 is 0 Å². The van der Waals surface area contributed by atoms with Gasteiger partial charge < -0.3 is 5.32 Å². The Balaban J connectivity index is 2.42. The van der Waals surface area contributed by atoms with Crippen molar-refractivity contribution in [3.63, 3.8) is 0 Å². The minimum Gasteiger partial charge on any atom is -0.312 e. The monoisotopic (exact) mass is 252 g/mol. The maximum atomic E-state index is 9.07. The van der Waals surface area contributed by atoms with E-state index < -0.39 is 0 Å². The first kappa shape index (κ1) is 12.7. The smallest absolute Gasteiger partial charge is 0.177 e. The fourth-order valence-corrected chi connectivity index (χ4v) is 1.68. The SMILES string of the molecule is CNC(C)c1ccc(-n2cnc(C#N)c2C#N)cn1. The molecule has 0 radical (unpaired) electrons. The number of nitriles is 2. The second-order valence-corrected chi connectivity index (χ2v) is 3.99. The van der Waals surface area contributed by atoms with Crippen LogP contribution in [0.25, 0.3) is 5.69 Å². The molecule has 1 N–H and O–H groups in total. The topological polar surface area (TPSA) is 90.3 Å². The van der Waals surface area contributed by atoms with Crippen LogP contribution in [0.2, 0.25) is 0 Å². The lowest BCUT2D eigenvalue weighted by molar-refractivity contribution is 0.632. The van der Waals surface area contributed by atoms with E-state index in [0.29, 0.717) is 5.69 Å². The summed E-state index contributed by atoms with van der Waals surface area (Å²) in [4.78, 5) is 8.23. The highest BCUT2D eigenvalue weighted by molar-refractivity contribution is 5.43. The molecule has 2 aromatic rings. The van der Waals surface area contributed by atoms with Crippen LogP contribution in [0.15, 0.2) is 24.7 Å². The van der Waals surface area contributed by atoms with Crippen LogP contribution < -0.4 is 5.32 Å². The van der Waals surface area contributed by atoms with E-state index in [1.807, 2.05) is 38.2 Å². The lowest BCUT2D eigenvalue weighted by Crippen LogP contribution is -2.13. The van der Waals surface area contributed by atoms with Gasteiger partial charge in [-0.2, -0.15) is 10.5 Å². The quantitative estimate of drug-likeness (QED) is 0.888. The molecule has 2 rings (SSSR count). The van der Waals surface area contributed by atoms with Gasteiger partial charge >= 0.3 is 0 Å². The predicted molar refractivity (Wildman–Crippen MR) is 68.3 cm³/mol. The van der Waals surface area contributed by atoms with Crippen molar-refractivity contribution < 1.29 is 0 Å². The van der Waals surface area contributed by atoms with Crippen LogP contribution in [-0.4, -0.2) is 21.6 Å². The third-order valence-corrected chi connectivity index (χ3v) is 2.90. The lowest BCUT2D eigenvalue weighted by Gasteiger charge is -2.10. The first-order chi connectivity index (χ1) is 9.21. The van der Waals surface area contributed by atoms with Gasteiger partial charge in [0.15, 0.2) is 11.4 Å². The zero-order chi connectivity index (χ0) is 13.8. The van der Waals surface area contributed by atoms with Gasteiger partial charge in [-0.15, -0.1) is 0 Å². The van der Waals surface area contributed by atoms with E-state index in [-0.39, 0.29) is 17.4 Å². The molecule has 94 valence electrons. The minimum absolute atomic E-state index is 0.121. The first-order valence-corrected chi connectivity index (χ1v) is 5.72. The van der Waals surface area contributed by atoms with Crippen molar-refractivity contribution in [1.29, 1.82) is 10.5 Å². The van der Waals surface area contributed by atoms with Gasteiger partial charge in [0, 0.05) is 6.04 Å². The molecule has 0 aliphatic heterocycles. The highest BCUT2D eigenvalue weighted by Gasteiger charge is 2.12. The summed E-state index contributed by atoms with van der Waals surface area (Å²) in [5.74, 6) is 0. The molecule has 0 bridgehead atoms. The first-order valence-electron chi connectivity index (χ1n) is 5.72.